The van der Waals surface area contributed by atoms with Gasteiger partial charge in [-0.25, -0.2) is 0 Å². The van der Waals surface area contributed by atoms with Gasteiger partial charge in [0.1, 0.15) is 0 Å². The number of carbonyl (C=O) groups excluding carboxylic acids is 1. The van der Waals surface area contributed by atoms with Gasteiger partial charge >= 0.3 is 0 Å². The number of nitrogens with two attached hydrogens (primary N) is 1. The van der Waals surface area contributed by atoms with Gasteiger partial charge in [0.05, 0.1) is 0 Å². The van der Waals surface area contributed by atoms with Gasteiger partial charge in [-0.05, 0) is 50.3 Å². The minimum atomic E-state index is 0.0333. The van der Waals surface area contributed by atoms with Gasteiger partial charge in [-0.15, -0.1) is 0 Å². The minimum Gasteiger partial charge on any atom is -0.398 e. The van der Waals surface area contributed by atoms with Gasteiger partial charge in [0.15, 0.2) is 5.78 Å². The van der Waals surface area contributed by atoms with E-state index < -0.39 is 0 Å². The third kappa shape index (κ3) is 3.28. The van der Waals surface area contributed by atoms with Crippen LogP contribution in [-0.4, -0.2) is 18.9 Å². The van der Waals surface area contributed by atoms with Crippen molar-refractivity contribution in [1.29, 1.82) is 0 Å². The van der Waals surface area contributed by atoms with Gasteiger partial charge in [-0.1, -0.05) is 13.3 Å². The van der Waals surface area contributed by atoms with Crippen LogP contribution >= 0.6 is 0 Å². The predicted octanol–water partition coefficient (Wildman–Crippen LogP) is 3.49. The summed E-state index contributed by atoms with van der Waals surface area (Å²) in [6.07, 6.45) is 5.10. The number of hydrogen-bond donors (Lipinski definition) is 1. The van der Waals surface area contributed by atoms with Crippen molar-refractivity contribution >= 4 is 17.2 Å². The number of nitrogens with zero attached hydrogens (tertiary/aromatic N) is 1. The van der Waals surface area contributed by atoms with Crippen LogP contribution in [0.4, 0.5) is 11.4 Å². The van der Waals surface area contributed by atoms with E-state index in [1.165, 1.54) is 25.7 Å². The molecule has 0 aliphatic carbocycles. The van der Waals surface area contributed by atoms with Crippen molar-refractivity contribution in [2.75, 3.05) is 23.7 Å². The van der Waals surface area contributed by atoms with Crippen LogP contribution < -0.4 is 10.6 Å². The molecule has 0 radical (unpaired) electrons. The lowest BCUT2D eigenvalue weighted by Gasteiger charge is -2.23. The quantitative estimate of drug-likeness (QED) is 0.668. The maximum absolute atomic E-state index is 11.4. The molecule has 3 heteroatoms. The molecule has 1 aromatic rings. The van der Waals surface area contributed by atoms with Crippen LogP contribution in [0, 0.1) is 5.92 Å². The van der Waals surface area contributed by atoms with Crippen molar-refractivity contribution < 1.29 is 4.79 Å². The first-order valence-corrected chi connectivity index (χ1v) is 7.27. The molecule has 0 bridgehead atoms. The molecule has 1 atom stereocenters. The van der Waals surface area contributed by atoms with Crippen molar-refractivity contribution in [3.05, 3.63) is 23.8 Å². The normalized spacial score (nSPS) is 20.1. The molecule has 19 heavy (non-hydrogen) atoms. The first-order chi connectivity index (χ1) is 9.11. The Bertz CT molecular complexity index is 456. The summed E-state index contributed by atoms with van der Waals surface area (Å²) in [5, 5.41) is 0. The molecule has 3 nitrogen and oxygen atoms in total. The molecule has 1 aliphatic heterocycles. The highest BCUT2D eigenvalue weighted by molar-refractivity contribution is 5.99. The lowest BCUT2D eigenvalue weighted by molar-refractivity contribution is 0.101. The molecule has 1 fully saturated rings. The first kappa shape index (κ1) is 13.9. The van der Waals surface area contributed by atoms with Crippen molar-refractivity contribution in [3.63, 3.8) is 0 Å². The molecule has 1 heterocycles. The standard InChI is InChI=1S/C16H24N2O/c1-3-13-5-4-9-18(10-8-13)14-6-7-15(12(2)19)16(17)11-14/h6-7,11,13H,3-5,8-10,17H2,1-2H3. The second-order valence-electron chi connectivity index (χ2n) is 5.52. The van der Waals surface area contributed by atoms with E-state index in [1.54, 1.807) is 6.92 Å². The molecule has 0 spiro atoms. The number of anilines is 2. The average molecular weight is 260 g/mol. The monoisotopic (exact) mass is 260 g/mol. The molecule has 1 aliphatic rings. The maximum atomic E-state index is 11.4. The van der Waals surface area contributed by atoms with E-state index in [9.17, 15) is 4.79 Å². The number of rotatable bonds is 3. The number of nitrogen functional groups attached to an aromatic ring is 1. The van der Waals surface area contributed by atoms with Crippen molar-refractivity contribution in [2.45, 2.75) is 39.5 Å². The Morgan fingerprint density at radius 3 is 2.79 bits per heavy atom. The molecule has 0 amide bonds. The van der Waals surface area contributed by atoms with Crippen LogP contribution in [0.25, 0.3) is 0 Å². The summed E-state index contributed by atoms with van der Waals surface area (Å²) < 4.78 is 0. The average Bonchev–Trinajstić information content (AvgIpc) is 2.63. The van der Waals surface area contributed by atoms with Gasteiger partial charge in [0.2, 0.25) is 0 Å². The Kier molecular flexibility index (Phi) is 4.46. The van der Waals surface area contributed by atoms with E-state index in [-0.39, 0.29) is 5.78 Å². The molecule has 1 aromatic carbocycles. The molecule has 2 N–H and O–H groups in total. The second-order valence-corrected chi connectivity index (χ2v) is 5.52. The zero-order valence-electron chi connectivity index (χ0n) is 12.0. The van der Waals surface area contributed by atoms with Gasteiger partial charge in [0.25, 0.3) is 0 Å². The molecule has 104 valence electrons. The third-order valence-electron chi connectivity index (χ3n) is 4.20. The Balaban J connectivity index is 2.13. The Hall–Kier alpha value is -1.51. The van der Waals surface area contributed by atoms with E-state index in [0.29, 0.717) is 11.3 Å². The van der Waals surface area contributed by atoms with Crippen LogP contribution in [-0.2, 0) is 0 Å². The largest absolute Gasteiger partial charge is 0.398 e. The van der Waals surface area contributed by atoms with Gasteiger partial charge in [0, 0.05) is 30.0 Å². The minimum absolute atomic E-state index is 0.0333. The molecular formula is C16H24N2O. The fraction of sp³-hybridized carbons (Fsp3) is 0.562. The summed E-state index contributed by atoms with van der Waals surface area (Å²) in [6.45, 7) is 6.02. The number of benzene rings is 1. The van der Waals surface area contributed by atoms with E-state index in [0.717, 1.165) is 24.7 Å². The van der Waals surface area contributed by atoms with Gasteiger partial charge in [-0.3, -0.25) is 4.79 Å². The number of carbonyl (C=O) groups is 1. The predicted molar refractivity (Wildman–Crippen MR) is 80.7 cm³/mol. The zero-order valence-corrected chi connectivity index (χ0v) is 12.0. The topological polar surface area (TPSA) is 46.3 Å². The molecule has 0 saturated carbocycles. The fourth-order valence-corrected chi connectivity index (χ4v) is 2.90. The lowest BCUT2D eigenvalue weighted by atomic mass is 9.98. The van der Waals surface area contributed by atoms with E-state index >= 15 is 0 Å². The van der Waals surface area contributed by atoms with Gasteiger partial charge < -0.3 is 10.6 Å². The smallest absolute Gasteiger partial charge is 0.161 e. The summed E-state index contributed by atoms with van der Waals surface area (Å²) in [4.78, 5) is 13.8. The zero-order chi connectivity index (χ0) is 13.8. The Labute approximate surface area is 115 Å². The molecule has 1 unspecified atom stereocenters. The van der Waals surface area contributed by atoms with Crippen LogP contribution in [0.5, 0.6) is 0 Å². The molecule has 0 aromatic heterocycles. The van der Waals surface area contributed by atoms with E-state index in [2.05, 4.69) is 11.8 Å². The summed E-state index contributed by atoms with van der Waals surface area (Å²) in [5.74, 6) is 0.893. The van der Waals surface area contributed by atoms with Crippen molar-refractivity contribution in [1.82, 2.24) is 0 Å². The first-order valence-electron chi connectivity index (χ1n) is 7.27. The Morgan fingerprint density at radius 2 is 2.16 bits per heavy atom. The van der Waals surface area contributed by atoms with Crippen molar-refractivity contribution in [2.24, 2.45) is 5.92 Å². The molecule has 1 saturated heterocycles. The van der Waals surface area contributed by atoms with Crippen LogP contribution in [0.1, 0.15) is 49.9 Å². The second kappa shape index (κ2) is 6.09. The summed E-state index contributed by atoms with van der Waals surface area (Å²) in [6, 6.07) is 5.83. The fourth-order valence-electron chi connectivity index (χ4n) is 2.90. The highest BCUT2D eigenvalue weighted by Crippen LogP contribution is 2.27. The van der Waals surface area contributed by atoms with Crippen LogP contribution in [0.15, 0.2) is 18.2 Å². The van der Waals surface area contributed by atoms with E-state index in [4.69, 9.17) is 5.73 Å². The third-order valence-corrected chi connectivity index (χ3v) is 4.20. The Morgan fingerprint density at radius 1 is 1.37 bits per heavy atom. The molecule has 2 rings (SSSR count). The summed E-state index contributed by atoms with van der Waals surface area (Å²) in [5.41, 5.74) is 8.35. The highest BCUT2D eigenvalue weighted by atomic mass is 16.1. The molecular weight excluding hydrogens is 236 g/mol. The van der Waals surface area contributed by atoms with Crippen LogP contribution in [0.2, 0.25) is 0 Å². The number of Topliss-reactive ketones (excluding diaryl/α,β-unsaturated/α-hetero) is 1. The SMILES string of the molecule is CCC1CCCN(c2ccc(C(C)=O)c(N)c2)CC1. The number of ketones is 1. The van der Waals surface area contributed by atoms with Crippen LogP contribution in [0.3, 0.4) is 0 Å². The maximum Gasteiger partial charge on any atom is 0.161 e. The lowest BCUT2D eigenvalue weighted by Crippen LogP contribution is -2.24. The number of hydrogen-bond acceptors (Lipinski definition) is 3. The van der Waals surface area contributed by atoms with Gasteiger partial charge in [-0.2, -0.15) is 0 Å². The highest BCUT2D eigenvalue weighted by Gasteiger charge is 2.17. The van der Waals surface area contributed by atoms with Crippen molar-refractivity contribution in [3.8, 4) is 0 Å². The summed E-state index contributed by atoms with van der Waals surface area (Å²) in [7, 11) is 0. The van der Waals surface area contributed by atoms with E-state index in [1.807, 2.05) is 18.2 Å². The summed E-state index contributed by atoms with van der Waals surface area (Å²) >= 11 is 0.